The first-order valence-corrected chi connectivity index (χ1v) is 7.05. The fourth-order valence-corrected chi connectivity index (χ4v) is 2.79. The number of hydrogen-bond donors (Lipinski definition) is 1. The van der Waals surface area contributed by atoms with Gasteiger partial charge in [-0.1, -0.05) is 12.1 Å². The van der Waals surface area contributed by atoms with Gasteiger partial charge in [-0.15, -0.1) is 0 Å². The van der Waals surface area contributed by atoms with Crippen LogP contribution >= 0.6 is 0 Å². The summed E-state index contributed by atoms with van der Waals surface area (Å²) in [5.74, 6) is 0.528. The lowest BCUT2D eigenvalue weighted by atomic mass is 10.2. The average Bonchev–Trinajstić information content (AvgIpc) is 2.95. The Bertz CT molecular complexity index is 738. The maximum absolute atomic E-state index is 12.2. The van der Waals surface area contributed by atoms with E-state index in [2.05, 4.69) is 9.97 Å². The van der Waals surface area contributed by atoms with E-state index in [1.807, 2.05) is 23.1 Å². The van der Waals surface area contributed by atoms with Crippen molar-refractivity contribution in [1.82, 2.24) is 14.9 Å². The van der Waals surface area contributed by atoms with E-state index in [1.54, 1.807) is 25.1 Å². The molecule has 0 radical (unpaired) electrons. The molecule has 0 aliphatic carbocycles. The molecule has 0 saturated carbocycles. The van der Waals surface area contributed by atoms with Crippen LogP contribution in [-0.4, -0.2) is 47.5 Å². The number of para-hydroxylation sites is 1. The van der Waals surface area contributed by atoms with Gasteiger partial charge in [-0.3, -0.25) is 14.6 Å². The molecule has 1 N–H and O–H groups in total. The zero-order chi connectivity index (χ0) is 15.0. The van der Waals surface area contributed by atoms with Crippen molar-refractivity contribution in [1.29, 1.82) is 0 Å². The van der Waals surface area contributed by atoms with Gasteiger partial charge in [0.1, 0.15) is 6.04 Å². The van der Waals surface area contributed by atoms with Gasteiger partial charge in [0.05, 0.1) is 10.9 Å². The lowest BCUT2D eigenvalue weighted by Crippen LogP contribution is -2.43. The van der Waals surface area contributed by atoms with Gasteiger partial charge >= 0.3 is 0 Å². The summed E-state index contributed by atoms with van der Waals surface area (Å²) < 4.78 is 0. The molecule has 1 aliphatic heterocycles. The average molecular weight is 286 g/mol. The van der Waals surface area contributed by atoms with Crippen LogP contribution in [0.15, 0.2) is 29.1 Å². The number of aromatic nitrogens is 2. The molecule has 1 amide bonds. The van der Waals surface area contributed by atoms with Crippen molar-refractivity contribution in [3.8, 4) is 0 Å². The molecule has 1 unspecified atom stereocenters. The molecule has 0 spiro atoms. The molecule has 110 valence electrons. The van der Waals surface area contributed by atoms with Gasteiger partial charge in [0.2, 0.25) is 11.9 Å². The minimum atomic E-state index is -0.246. The van der Waals surface area contributed by atoms with Crippen molar-refractivity contribution in [3.63, 3.8) is 0 Å². The molecule has 1 fully saturated rings. The third kappa shape index (κ3) is 2.37. The van der Waals surface area contributed by atoms with Crippen LogP contribution in [0.2, 0.25) is 0 Å². The van der Waals surface area contributed by atoms with Gasteiger partial charge < -0.3 is 9.80 Å². The van der Waals surface area contributed by atoms with Gasteiger partial charge in [0.25, 0.3) is 5.56 Å². The molecular weight excluding hydrogens is 268 g/mol. The normalized spacial score (nSPS) is 18.2. The Labute approximate surface area is 122 Å². The molecule has 6 heteroatoms. The maximum atomic E-state index is 12.2. The van der Waals surface area contributed by atoms with E-state index < -0.39 is 0 Å². The van der Waals surface area contributed by atoms with Crippen LogP contribution in [0.4, 0.5) is 5.95 Å². The van der Waals surface area contributed by atoms with Crippen LogP contribution in [0.5, 0.6) is 0 Å². The number of amides is 1. The van der Waals surface area contributed by atoms with Crippen LogP contribution in [-0.2, 0) is 4.79 Å². The first-order valence-electron chi connectivity index (χ1n) is 7.05. The number of hydrogen-bond acceptors (Lipinski definition) is 4. The number of benzene rings is 1. The van der Waals surface area contributed by atoms with E-state index in [0.29, 0.717) is 16.9 Å². The Kier molecular flexibility index (Phi) is 3.37. The fourth-order valence-electron chi connectivity index (χ4n) is 2.79. The third-order valence-electron chi connectivity index (χ3n) is 3.85. The van der Waals surface area contributed by atoms with E-state index >= 15 is 0 Å². The summed E-state index contributed by atoms with van der Waals surface area (Å²) in [6, 6.07) is 6.98. The Morgan fingerprint density at radius 1 is 1.38 bits per heavy atom. The maximum Gasteiger partial charge on any atom is 0.260 e. The number of H-pyrrole nitrogens is 1. The second-order valence-electron chi connectivity index (χ2n) is 5.49. The summed E-state index contributed by atoms with van der Waals surface area (Å²) >= 11 is 0. The van der Waals surface area contributed by atoms with Crippen LogP contribution in [0.25, 0.3) is 10.9 Å². The van der Waals surface area contributed by atoms with Crippen molar-refractivity contribution in [2.75, 3.05) is 25.5 Å². The van der Waals surface area contributed by atoms with Crippen molar-refractivity contribution in [3.05, 3.63) is 34.6 Å². The highest BCUT2D eigenvalue weighted by Crippen LogP contribution is 2.23. The topological polar surface area (TPSA) is 69.3 Å². The highest BCUT2D eigenvalue weighted by Gasteiger charge is 2.33. The van der Waals surface area contributed by atoms with E-state index in [-0.39, 0.29) is 17.5 Å². The number of rotatable bonds is 2. The minimum Gasteiger partial charge on any atom is -0.347 e. The van der Waals surface area contributed by atoms with Crippen LogP contribution in [0.3, 0.4) is 0 Å². The number of anilines is 1. The highest BCUT2D eigenvalue weighted by molar-refractivity contribution is 5.85. The number of carbonyl (C=O) groups is 1. The van der Waals surface area contributed by atoms with Crippen LogP contribution in [0.1, 0.15) is 12.8 Å². The fraction of sp³-hybridized carbons (Fsp3) is 0.400. The summed E-state index contributed by atoms with van der Waals surface area (Å²) in [5, 5.41) is 0.566. The third-order valence-corrected chi connectivity index (χ3v) is 3.85. The quantitative estimate of drug-likeness (QED) is 0.893. The molecule has 3 rings (SSSR count). The Morgan fingerprint density at radius 2 is 2.14 bits per heavy atom. The second kappa shape index (κ2) is 5.20. The Hall–Kier alpha value is -2.37. The number of nitrogens with one attached hydrogen (secondary N) is 1. The van der Waals surface area contributed by atoms with Crippen molar-refractivity contribution >= 4 is 22.8 Å². The molecule has 2 aromatic rings. The molecule has 1 saturated heterocycles. The van der Waals surface area contributed by atoms with E-state index in [1.165, 1.54) is 0 Å². The van der Waals surface area contributed by atoms with Crippen molar-refractivity contribution < 1.29 is 4.79 Å². The molecule has 0 bridgehead atoms. The number of likely N-dealkylation sites (N-methyl/N-ethyl adjacent to an activating group) is 1. The Morgan fingerprint density at radius 3 is 2.90 bits per heavy atom. The number of fused-ring (bicyclic) bond motifs is 1. The number of nitrogens with zero attached hydrogens (tertiary/aromatic N) is 3. The largest absolute Gasteiger partial charge is 0.347 e. The molecular formula is C15H18N4O2. The van der Waals surface area contributed by atoms with Gasteiger partial charge in [0, 0.05) is 20.6 Å². The standard InChI is InChI=1S/C15H18N4O2/c1-18(2)14(21)12-8-5-9-19(12)15-16-11-7-4-3-6-10(11)13(20)17-15/h3-4,6-7,12H,5,8-9H2,1-2H3,(H,16,17,20). The molecule has 1 aromatic carbocycles. The van der Waals surface area contributed by atoms with Gasteiger partial charge in [-0.05, 0) is 25.0 Å². The molecule has 2 heterocycles. The lowest BCUT2D eigenvalue weighted by Gasteiger charge is -2.26. The van der Waals surface area contributed by atoms with Gasteiger partial charge in [0.15, 0.2) is 0 Å². The predicted molar refractivity (Wildman–Crippen MR) is 81.4 cm³/mol. The van der Waals surface area contributed by atoms with E-state index in [9.17, 15) is 9.59 Å². The summed E-state index contributed by atoms with van der Waals surface area (Å²) in [4.78, 5) is 35.2. The molecule has 21 heavy (non-hydrogen) atoms. The monoisotopic (exact) mass is 286 g/mol. The lowest BCUT2D eigenvalue weighted by molar-refractivity contribution is -0.129. The molecule has 6 nitrogen and oxygen atoms in total. The SMILES string of the molecule is CN(C)C(=O)C1CCCN1c1nc2ccccc2c(=O)[nH]1. The smallest absolute Gasteiger partial charge is 0.260 e. The second-order valence-corrected chi connectivity index (χ2v) is 5.49. The van der Waals surface area contributed by atoms with Crippen LogP contribution in [0, 0.1) is 0 Å². The Balaban J connectivity index is 2.03. The summed E-state index contributed by atoms with van der Waals surface area (Å²) in [5.41, 5.74) is 0.484. The highest BCUT2D eigenvalue weighted by atomic mass is 16.2. The summed E-state index contributed by atoms with van der Waals surface area (Å²) in [6.45, 7) is 0.728. The first-order chi connectivity index (χ1) is 10.1. The molecule has 1 aliphatic rings. The number of carbonyl (C=O) groups excluding carboxylic acids is 1. The molecule has 1 atom stereocenters. The molecule has 1 aromatic heterocycles. The number of aromatic amines is 1. The zero-order valence-electron chi connectivity index (χ0n) is 12.2. The first kappa shape index (κ1) is 13.6. The summed E-state index contributed by atoms with van der Waals surface area (Å²) in [7, 11) is 3.49. The van der Waals surface area contributed by atoms with Gasteiger partial charge in [-0.25, -0.2) is 4.98 Å². The summed E-state index contributed by atoms with van der Waals surface area (Å²) in [6.07, 6.45) is 1.70. The van der Waals surface area contributed by atoms with E-state index in [0.717, 1.165) is 19.4 Å². The predicted octanol–water partition coefficient (Wildman–Crippen LogP) is 0.980. The van der Waals surface area contributed by atoms with Crippen LogP contribution < -0.4 is 10.5 Å². The van der Waals surface area contributed by atoms with Gasteiger partial charge in [-0.2, -0.15) is 0 Å². The zero-order valence-corrected chi connectivity index (χ0v) is 12.2. The van der Waals surface area contributed by atoms with Crippen molar-refractivity contribution in [2.45, 2.75) is 18.9 Å². The van der Waals surface area contributed by atoms with E-state index in [4.69, 9.17) is 0 Å². The minimum absolute atomic E-state index is 0.0447. The van der Waals surface area contributed by atoms with Crippen molar-refractivity contribution in [2.24, 2.45) is 0 Å².